The fraction of sp³-hybridized carbons (Fsp3) is 1.00. The summed E-state index contributed by atoms with van der Waals surface area (Å²) in [4.78, 5) is 5.42. The lowest BCUT2D eigenvalue weighted by molar-refractivity contribution is -0.353. The van der Waals surface area contributed by atoms with Crippen LogP contribution in [0.4, 0.5) is 0 Å². The molecule has 0 aromatic heterocycles. The Hall–Kier alpha value is -0.160. The van der Waals surface area contributed by atoms with Crippen LogP contribution in [0.15, 0.2) is 0 Å². The lowest BCUT2D eigenvalue weighted by atomic mass is 10.3. The standard InChI is InChI=1S/C8H15NO3/c1-2-12-9-5-3-4-8(9)10-6-7-11-8/h2-7H2,1H3. The molecule has 12 heavy (non-hydrogen) atoms. The lowest BCUT2D eigenvalue weighted by Crippen LogP contribution is -2.44. The predicted octanol–water partition coefficient (Wildman–Crippen LogP) is 0.734. The first-order valence-electron chi connectivity index (χ1n) is 4.56. The van der Waals surface area contributed by atoms with Gasteiger partial charge >= 0.3 is 0 Å². The van der Waals surface area contributed by atoms with E-state index in [1.165, 1.54) is 0 Å². The molecule has 2 rings (SSSR count). The van der Waals surface area contributed by atoms with Gasteiger partial charge in [-0.3, -0.25) is 4.84 Å². The van der Waals surface area contributed by atoms with E-state index in [-0.39, 0.29) is 0 Å². The van der Waals surface area contributed by atoms with Crippen LogP contribution in [0.1, 0.15) is 19.8 Å². The minimum absolute atomic E-state index is 0.532. The second kappa shape index (κ2) is 3.30. The molecule has 1 spiro atoms. The molecule has 70 valence electrons. The Kier molecular flexibility index (Phi) is 2.32. The summed E-state index contributed by atoms with van der Waals surface area (Å²) >= 11 is 0. The molecule has 2 heterocycles. The number of hydroxylamine groups is 2. The van der Waals surface area contributed by atoms with Gasteiger partial charge in [0, 0.05) is 13.0 Å². The first kappa shape index (κ1) is 8.44. The van der Waals surface area contributed by atoms with E-state index in [0.29, 0.717) is 19.8 Å². The van der Waals surface area contributed by atoms with Crippen molar-refractivity contribution in [2.24, 2.45) is 0 Å². The zero-order chi connectivity index (χ0) is 8.44. The minimum Gasteiger partial charge on any atom is -0.333 e. The van der Waals surface area contributed by atoms with Crippen LogP contribution in [0.3, 0.4) is 0 Å². The Balaban J connectivity index is 2.01. The topological polar surface area (TPSA) is 30.9 Å². The Morgan fingerprint density at radius 2 is 2.17 bits per heavy atom. The fourth-order valence-corrected chi connectivity index (χ4v) is 1.79. The van der Waals surface area contributed by atoms with Crippen molar-refractivity contribution in [3.8, 4) is 0 Å². The fourth-order valence-electron chi connectivity index (χ4n) is 1.79. The van der Waals surface area contributed by atoms with E-state index >= 15 is 0 Å². The van der Waals surface area contributed by atoms with E-state index in [1.807, 2.05) is 12.0 Å². The van der Waals surface area contributed by atoms with Crippen molar-refractivity contribution in [3.05, 3.63) is 0 Å². The van der Waals surface area contributed by atoms with Gasteiger partial charge in [0.15, 0.2) is 0 Å². The van der Waals surface area contributed by atoms with Crippen LogP contribution in [0.2, 0.25) is 0 Å². The molecule has 4 heteroatoms. The summed E-state index contributed by atoms with van der Waals surface area (Å²) in [6.45, 7) is 4.93. The van der Waals surface area contributed by atoms with Crippen molar-refractivity contribution in [2.75, 3.05) is 26.4 Å². The third-order valence-electron chi connectivity index (χ3n) is 2.26. The monoisotopic (exact) mass is 173 g/mol. The molecule has 4 nitrogen and oxygen atoms in total. The van der Waals surface area contributed by atoms with Crippen LogP contribution >= 0.6 is 0 Å². The van der Waals surface area contributed by atoms with E-state index in [9.17, 15) is 0 Å². The molecule has 2 aliphatic rings. The second-order valence-electron chi connectivity index (χ2n) is 3.03. The van der Waals surface area contributed by atoms with Crippen molar-refractivity contribution in [3.63, 3.8) is 0 Å². The Morgan fingerprint density at radius 1 is 1.42 bits per heavy atom. The maximum absolute atomic E-state index is 5.55. The number of ether oxygens (including phenoxy) is 2. The number of hydrogen-bond acceptors (Lipinski definition) is 4. The summed E-state index contributed by atoms with van der Waals surface area (Å²) in [6.07, 6.45) is 2.01. The molecule has 0 amide bonds. The van der Waals surface area contributed by atoms with Gasteiger partial charge in [-0.15, -0.1) is 5.06 Å². The quantitative estimate of drug-likeness (QED) is 0.616. The summed E-state index contributed by atoms with van der Waals surface area (Å²) in [5.74, 6) is -0.532. The Morgan fingerprint density at radius 3 is 2.83 bits per heavy atom. The number of nitrogens with zero attached hydrogens (tertiary/aromatic N) is 1. The minimum atomic E-state index is -0.532. The van der Waals surface area contributed by atoms with Gasteiger partial charge in [0.2, 0.25) is 0 Å². The average Bonchev–Trinajstić information content (AvgIpc) is 2.66. The van der Waals surface area contributed by atoms with Gasteiger partial charge in [0.1, 0.15) is 0 Å². The highest BCUT2D eigenvalue weighted by Gasteiger charge is 2.47. The van der Waals surface area contributed by atoms with Crippen LogP contribution in [-0.2, 0) is 14.3 Å². The number of hydrogen-bond donors (Lipinski definition) is 0. The normalized spacial score (nSPS) is 28.8. The van der Waals surface area contributed by atoms with Crippen LogP contribution in [0.5, 0.6) is 0 Å². The Labute approximate surface area is 72.3 Å². The molecule has 0 N–H and O–H groups in total. The zero-order valence-electron chi connectivity index (χ0n) is 7.41. The summed E-state index contributed by atoms with van der Waals surface area (Å²) in [6, 6.07) is 0. The predicted molar refractivity (Wildman–Crippen MR) is 42.2 cm³/mol. The molecule has 2 aliphatic heterocycles. The third-order valence-corrected chi connectivity index (χ3v) is 2.26. The van der Waals surface area contributed by atoms with E-state index in [0.717, 1.165) is 19.4 Å². The highest BCUT2D eigenvalue weighted by Crippen LogP contribution is 2.34. The van der Waals surface area contributed by atoms with Gasteiger partial charge in [-0.05, 0) is 13.3 Å². The van der Waals surface area contributed by atoms with Gasteiger partial charge in [0.05, 0.1) is 19.8 Å². The smallest absolute Gasteiger partial charge is 0.252 e. The lowest BCUT2D eigenvalue weighted by Gasteiger charge is -2.30. The van der Waals surface area contributed by atoms with Crippen molar-refractivity contribution >= 4 is 0 Å². The van der Waals surface area contributed by atoms with Crippen molar-refractivity contribution < 1.29 is 14.3 Å². The molecule has 0 bridgehead atoms. The maximum atomic E-state index is 5.55. The molecule has 2 fully saturated rings. The molecule has 0 atom stereocenters. The number of rotatable bonds is 2. The van der Waals surface area contributed by atoms with Gasteiger partial charge in [-0.2, -0.15) is 0 Å². The van der Waals surface area contributed by atoms with E-state index < -0.39 is 5.91 Å². The molecule has 0 saturated carbocycles. The van der Waals surface area contributed by atoms with E-state index in [2.05, 4.69) is 0 Å². The van der Waals surface area contributed by atoms with E-state index in [1.54, 1.807) is 0 Å². The van der Waals surface area contributed by atoms with E-state index in [4.69, 9.17) is 14.3 Å². The molecule has 0 aromatic carbocycles. The summed E-state index contributed by atoms with van der Waals surface area (Å²) in [5, 5.41) is 1.83. The highest BCUT2D eigenvalue weighted by atomic mass is 16.8. The molecule has 0 unspecified atom stereocenters. The van der Waals surface area contributed by atoms with Crippen LogP contribution in [0, 0.1) is 0 Å². The molecule has 0 aromatic rings. The Bertz CT molecular complexity index is 151. The largest absolute Gasteiger partial charge is 0.333 e. The molecule has 0 aliphatic carbocycles. The SMILES string of the molecule is CCON1CCCC12OCCO2. The van der Waals surface area contributed by atoms with Crippen molar-refractivity contribution in [1.82, 2.24) is 5.06 Å². The van der Waals surface area contributed by atoms with Crippen LogP contribution < -0.4 is 0 Å². The van der Waals surface area contributed by atoms with Gasteiger partial charge < -0.3 is 9.47 Å². The van der Waals surface area contributed by atoms with Crippen molar-refractivity contribution in [2.45, 2.75) is 25.7 Å². The van der Waals surface area contributed by atoms with Gasteiger partial charge in [-0.1, -0.05) is 0 Å². The summed E-state index contributed by atoms with van der Waals surface area (Å²) in [7, 11) is 0. The molecular weight excluding hydrogens is 158 g/mol. The molecule has 2 saturated heterocycles. The molecule has 0 radical (unpaired) electrons. The summed E-state index contributed by atoms with van der Waals surface area (Å²) < 4.78 is 11.1. The third kappa shape index (κ3) is 1.25. The first-order valence-corrected chi connectivity index (χ1v) is 4.56. The van der Waals surface area contributed by atoms with Crippen LogP contribution in [-0.4, -0.2) is 37.3 Å². The first-order chi connectivity index (χ1) is 5.87. The van der Waals surface area contributed by atoms with Crippen LogP contribution in [0.25, 0.3) is 0 Å². The van der Waals surface area contributed by atoms with Gasteiger partial charge in [0.25, 0.3) is 5.91 Å². The van der Waals surface area contributed by atoms with Gasteiger partial charge in [-0.25, -0.2) is 0 Å². The summed E-state index contributed by atoms with van der Waals surface area (Å²) in [5.41, 5.74) is 0. The zero-order valence-corrected chi connectivity index (χ0v) is 7.41. The highest BCUT2D eigenvalue weighted by molar-refractivity contribution is 4.77. The maximum Gasteiger partial charge on any atom is 0.252 e. The average molecular weight is 173 g/mol. The second-order valence-corrected chi connectivity index (χ2v) is 3.03. The molecular formula is C8H15NO3. The van der Waals surface area contributed by atoms with Crippen molar-refractivity contribution in [1.29, 1.82) is 0 Å².